The number of H-pyrrole nitrogens is 1. The smallest absolute Gasteiger partial charge is 0.276 e. The number of nitrogens with zero attached hydrogens (tertiary/aromatic N) is 2. The quantitative estimate of drug-likeness (QED) is 0.470. The lowest BCUT2D eigenvalue weighted by Gasteiger charge is -2.10. The number of benzene rings is 2. The Bertz CT molecular complexity index is 957. The fourth-order valence-electron chi connectivity index (χ4n) is 2.09. The maximum atomic E-state index is 11.8. The van der Waals surface area contributed by atoms with Crippen molar-refractivity contribution in [3.05, 3.63) is 70.6 Å². The zero-order chi connectivity index (χ0) is 19.1. The van der Waals surface area contributed by atoms with Crippen LogP contribution in [0.1, 0.15) is 5.69 Å². The number of hydrazine groups is 1. The van der Waals surface area contributed by atoms with Crippen molar-refractivity contribution >= 4 is 23.2 Å². The van der Waals surface area contributed by atoms with Gasteiger partial charge in [0, 0.05) is 11.4 Å². The Labute approximate surface area is 154 Å². The van der Waals surface area contributed by atoms with Gasteiger partial charge < -0.3 is 10.1 Å². The molecule has 0 atom stereocenters. The summed E-state index contributed by atoms with van der Waals surface area (Å²) in [6, 6.07) is 17.0. The van der Waals surface area contributed by atoms with Crippen molar-refractivity contribution in [3.63, 3.8) is 0 Å². The molecule has 0 saturated heterocycles. The fourth-order valence-corrected chi connectivity index (χ4v) is 2.09. The Morgan fingerprint density at radius 2 is 1.74 bits per heavy atom. The van der Waals surface area contributed by atoms with E-state index in [0.717, 1.165) is 11.4 Å². The summed E-state index contributed by atoms with van der Waals surface area (Å²) in [6.45, 7) is 1.32. The van der Waals surface area contributed by atoms with Crippen LogP contribution in [0.25, 0.3) is 0 Å². The summed E-state index contributed by atoms with van der Waals surface area (Å²) in [5.41, 5.74) is 6.56. The van der Waals surface area contributed by atoms with Crippen LogP contribution in [0.4, 0.5) is 17.3 Å². The van der Waals surface area contributed by atoms with Gasteiger partial charge >= 0.3 is 0 Å². The summed E-state index contributed by atoms with van der Waals surface area (Å²) in [5.74, 6) is 0.146. The van der Waals surface area contributed by atoms with Gasteiger partial charge in [0.1, 0.15) is 11.4 Å². The summed E-state index contributed by atoms with van der Waals surface area (Å²) in [7, 11) is 0. The minimum absolute atomic E-state index is 0.0373. The van der Waals surface area contributed by atoms with Crippen molar-refractivity contribution in [2.75, 3.05) is 17.3 Å². The molecule has 0 spiro atoms. The molecule has 0 aliphatic carbocycles. The number of carbonyl (C=O) groups is 1. The van der Waals surface area contributed by atoms with E-state index in [1.807, 2.05) is 42.5 Å². The minimum atomic E-state index is -0.440. The third kappa shape index (κ3) is 5.30. The van der Waals surface area contributed by atoms with E-state index in [1.165, 1.54) is 6.92 Å². The van der Waals surface area contributed by atoms with Gasteiger partial charge in [-0.2, -0.15) is 0 Å². The molecule has 1 aromatic heterocycles. The van der Waals surface area contributed by atoms with Gasteiger partial charge in [0.15, 0.2) is 6.61 Å². The molecule has 0 fully saturated rings. The van der Waals surface area contributed by atoms with Crippen LogP contribution in [0.15, 0.2) is 59.4 Å². The highest BCUT2D eigenvalue weighted by molar-refractivity contribution is 5.78. The topological polar surface area (TPSA) is 121 Å². The van der Waals surface area contributed by atoms with Gasteiger partial charge in [0.25, 0.3) is 11.5 Å². The molecule has 3 aromatic rings. The van der Waals surface area contributed by atoms with E-state index < -0.39 is 5.91 Å². The lowest BCUT2D eigenvalue weighted by Crippen LogP contribution is -2.35. The normalized spacial score (nSPS) is 10.1. The van der Waals surface area contributed by atoms with Crippen molar-refractivity contribution in [1.29, 1.82) is 0 Å². The maximum absolute atomic E-state index is 11.8. The number of rotatable bonds is 7. The first-order valence-electron chi connectivity index (χ1n) is 8.13. The number of aromatic amines is 1. The molecule has 4 N–H and O–H groups in total. The second-order valence-electron chi connectivity index (χ2n) is 5.57. The molecule has 2 aromatic carbocycles. The van der Waals surface area contributed by atoms with Crippen LogP contribution >= 0.6 is 0 Å². The van der Waals surface area contributed by atoms with Gasteiger partial charge in [-0.1, -0.05) is 18.2 Å². The first-order valence-corrected chi connectivity index (χ1v) is 8.13. The lowest BCUT2D eigenvalue weighted by molar-refractivity contribution is -0.122. The Morgan fingerprint density at radius 3 is 2.44 bits per heavy atom. The first-order chi connectivity index (χ1) is 13.1. The number of ether oxygens (including phenoxy) is 1. The summed E-state index contributed by atoms with van der Waals surface area (Å²) in [4.78, 5) is 25.6. The first kappa shape index (κ1) is 17.9. The number of hydrogen-bond acceptors (Lipinski definition) is 7. The molecule has 9 heteroatoms. The van der Waals surface area contributed by atoms with E-state index in [9.17, 15) is 9.59 Å². The molecule has 27 heavy (non-hydrogen) atoms. The van der Waals surface area contributed by atoms with Gasteiger partial charge in [0.05, 0.1) is 0 Å². The fraction of sp³-hybridized carbons (Fsp3) is 0.111. The van der Waals surface area contributed by atoms with Gasteiger partial charge in [0.2, 0.25) is 5.95 Å². The molecule has 0 aliphatic rings. The predicted molar refractivity (Wildman–Crippen MR) is 101 cm³/mol. The average Bonchev–Trinajstić information content (AvgIpc) is 2.69. The van der Waals surface area contributed by atoms with E-state index in [1.54, 1.807) is 12.1 Å². The highest BCUT2D eigenvalue weighted by Crippen LogP contribution is 2.19. The second kappa shape index (κ2) is 8.48. The maximum Gasteiger partial charge on any atom is 0.276 e. The number of carbonyl (C=O) groups excluding carboxylic acids is 1. The van der Waals surface area contributed by atoms with Crippen molar-refractivity contribution in [3.8, 4) is 5.75 Å². The third-order valence-corrected chi connectivity index (χ3v) is 3.47. The summed E-state index contributed by atoms with van der Waals surface area (Å²) < 4.78 is 5.42. The zero-order valence-electron chi connectivity index (χ0n) is 14.5. The predicted octanol–water partition coefficient (Wildman–Crippen LogP) is 1.74. The van der Waals surface area contributed by atoms with E-state index in [-0.39, 0.29) is 23.8 Å². The van der Waals surface area contributed by atoms with Crippen LogP contribution in [-0.2, 0) is 4.79 Å². The number of aryl methyl sites for hydroxylation is 1. The van der Waals surface area contributed by atoms with Crippen molar-refractivity contribution < 1.29 is 9.53 Å². The lowest BCUT2D eigenvalue weighted by atomic mass is 10.2. The standard InChI is InChI=1S/C18H18N6O3/c1-12-17(26)20-18(23-21-12)24-22-16(25)11-27-15-9-7-14(8-10-15)19-13-5-3-2-4-6-13/h2-10,19H,11H2,1H3,(H,22,25)(H2,20,23,24,26). The van der Waals surface area contributed by atoms with E-state index in [4.69, 9.17) is 4.74 Å². The molecular formula is C18H18N6O3. The molecule has 1 amide bonds. The summed E-state index contributed by atoms with van der Waals surface area (Å²) in [6.07, 6.45) is 0. The van der Waals surface area contributed by atoms with Crippen molar-refractivity contribution in [1.82, 2.24) is 20.6 Å². The number of nitrogens with one attached hydrogen (secondary N) is 4. The molecule has 1 heterocycles. The summed E-state index contributed by atoms with van der Waals surface area (Å²) >= 11 is 0. The van der Waals surface area contributed by atoms with Crippen LogP contribution in [-0.4, -0.2) is 27.7 Å². The molecular weight excluding hydrogens is 348 g/mol. The minimum Gasteiger partial charge on any atom is -0.484 e. The summed E-state index contributed by atoms with van der Waals surface area (Å²) in [5, 5.41) is 10.6. The molecule has 3 rings (SSSR count). The van der Waals surface area contributed by atoms with E-state index in [2.05, 4.69) is 31.3 Å². The van der Waals surface area contributed by atoms with Crippen LogP contribution in [0, 0.1) is 6.92 Å². The number of amides is 1. The monoisotopic (exact) mass is 366 g/mol. The van der Waals surface area contributed by atoms with Gasteiger partial charge in [-0.25, -0.2) is 0 Å². The highest BCUT2D eigenvalue weighted by atomic mass is 16.5. The van der Waals surface area contributed by atoms with Crippen molar-refractivity contribution in [2.45, 2.75) is 6.92 Å². The molecule has 0 radical (unpaired) electrons. The Balaban J connectivity index is 1.45. The molecule has 0 saturated carbocycles. The van der Waals surface area contributed by atoms with Gasteiger partial charge in [-0.3, -0.25) is 25.4 Å². The Hall–Kier alpha value is -3.88. The Kier molecular flexibility index (Phi) is 5.63. The molecule has 0 unspecified atom stereocenters. The average molecular weight is 366 g/mol. The van der Waals surface area contributed by atoms with Crippen LogP contribution < -0.4 is 26.5 Å². The van der Waals surface area contributed by atoms with Crippen molar-refractivity contribution in [2.24, 2.45) is 0 Å². The number of para-hydroxylation sites is 1. The van der Waals surface area contributed by atoms with Crippen LogP contribution in [0.5, 0.6) is 5.75 Å². The van der Waals surface area contributed by atoms with E-state index >= 15 is 0 Å². The van der Waals surface area contributed by atoms with E-state index in [0.29, 0.717) is 5.75 Å². The number of anilines is 3. The second-order valence-corrected chi connectivity index (χ2v) is 5.57. The number of hydrogen-bond donors (Lipinski definition) is 4. The largest absolute Gasteiger partial charge is 0.484 e. The van der Waals surface area contributed by atoms with Gasteiger partial charge in [-0.15, -0.1) is 10.2 Å². The van der Waals surface area contributed by atoms with Crippen LogP contribution in [0.3, 0.4) is 0 Å². The SMILES string of the molecule is Cc1nnc(NNC(=O)COc2ccc(Nc3ccccc3)cc2)[nH]c1=O. The molecule has 0 aliphatic heterocycles. The van der Waals surface area contributed by atoms with Gasteiger partial charge in [-0.05, 0) is 43.3 Å². The highest BCUT2D eigenvalue weighted by Gasteiger charge is 2.05. The number of aromatic nitrogens is 3. The van der Waals surface area contributed by atoms with Crippen LogP contribution in [0.2, 0.25) is 0 Å². The molecule has 0 bridgehead atoms. The molecule has 9 nitrogen and oxygen atoms in total. The Morgan fingerprint density at radius 1 is 1.04 bits per heavy atom. The molecule has 138 valence electrons. The third-order valence-electron chi connectivity index (χ3n) is 3.47. The zero-order valence-corrected chi connectivity index (χ0v) is 14.5.